The molecule has 0 spiro atoms. The van der Waals surface area contributed by atoms with E-state index in [1.54, 1.807) is 0 Å². The molecule has 0 saturated carbocycles. The monoisotopic (exact) mass is 330 g/mol. The number of amides is 2. The maximum Gasteiger partial charge on any atom is 0.309 e. The lowest BCUT2D eigenvalue weighted by molar-refractivity contribution is -0.139. The second-order valence-electron chi connectivity index (χ2n) is 5.36. The van der Waals surface area contributed by atoms with Crippen molar-refractivity contribution < 1.29 is 19.1 Å². The summed E-state index contributed by atoms with van der Waals surface area (Å²) in [7, 11) is 0. The zero-order valence-corrected chi connectivity index (χ0v) is 13.0. The summed E-state index contributed by atoms with van der Waals surface area (Å²) >= 11 is 0. The van der Waals surface area contributed by atoms with Crippen LogP contribution < -0.4 is 10.6 Å². The van der Waals surface area contributed by atoms with Crippen LogP contribution >= 0.6 is 0 Å². The maximum absolute atomic E-state index is 12.8. The van der Waals surface area contributed by atoms with Gasteiger partial charge in [-0.2, -0.15) is 0 Å². The van der Waals surface area contributed by atoms with Crippen LogP contribution in [-0.2, 0) is 22.6 Å². The van der Waals surface area contributed by atoms with Crippen molar-refractivity contribution >= 4 is 11.8 Å². The molecule has 0 heterocycles. The summed E-state index contributed by atoms with van der Waals surface area (Å²) in [5.41, 5.74) is 1.63. The zero-order chi connectivity index (χ0) is 17.4. The summed E-state index contributed by atoms with van der Waals surface area (Å²) in [6, 6.07) is 15.0. The molecule has 24 heavy (non-hydrogen) atoms. The minimum atomic E-state index is -0.816. The van der Waals surface area contributed by atoms with Crippen LogP contribution in [0.4, 0.5) is 4.39 Å². The van der Waals surface area contributed by atoms with Crippen molar-refractivity contribution in [2.24, 2.45) is 0 Å². The number of aliphatic hydroxyl groups is 1. The first kappa shape index (κ1) is 17.6. The summed E-state index contributed by atoms with van der Waals surface area (Å²) in [5.74, 6) is -1.98. The van der Waals surface area contributed by atoms with Gasteiger partial charge < -0.3 is 15.7 Å². The molecule has 6 heteroatoms. The molecule has 0 aliphatic heterocycles. The lowest BCUT2D eigenvalue weighted by Gasteiger charge is -2.12. The van der Waals surface area contributed by atoms with Crippen LogP contribution in [0, 0.1) is 5.82 Å². The quantitative estimate of drug-likeness (QED) is 0.696. The number of aliphatic hydroxyl groups excluding tert-OH is 1. The molecule has 2 rings (SSSR count). The van der Waals surface area contributed by atoms with E-state index in [0.29, 0.717) is 12.0 Å². The Bertz CT molecular complexity index is 674. The van der Waals surface area contributed by atoms with Crippen LogP contribution in [0.25, 0.3) is 0 Å². The first-order valence-electron chi connectivity index (χ1n) is 7.57. The first-order chi connectivity index (χ1) is 11.5. The van der Waals surface area contributed by atoms with Crippen molar-refractivity contribution in [3.8, 4) is 0 Å². The third-order valence-corrected chi connectivity index (χ3v) is 3.38. The number of benzene rings is 2. The summed E-state index contributed by atoms with van der Waals surface area (Å²) < 4.78 is 12.8. The van der Waals surface area contributed by atoms with E-state index in [1.165, 1.54) is 24.3 Å². The minimum absolute atomic E-state index is 0.0162. The van der Waals surface area contributed by atoms with Gasteiger partial charge in [-0.15, -0.1) is 0 Å². The van der Waals surface area contributed by atoms with E-state index in [2.05, 4.69) is 10.6 Å². The molecule has 0 radical (unpaired) electrons. The highest BCUT2D eigenvalue weighted by Crippen LogP contribution is 2.03. The lowest BCUT2D eigenvalue weighted by Crippen LogP contribution is -2.42. The van der Waals surface area contributed by atoms with Gasteiger partial charge in [-0.25, -0.2) is 4.39 Å². The fraction of sp³-hybridized carbons (Fsp3) is 0.222. The molecule has 126 valence electrons. The van der Waals surface area contributed by atoms with Crippen molar-refractivity contribution in [2.75, 3.05) is 6.54 Å². The van der Waals surface area contributed by atoms with Gasteiger partial charge in [0.2, 0.25) is 0 Å². The van der Waals surface area contributed by atoms with Crippen LogP contribution in [0.5, 0.6) is 0 Å². The van der Waals surface area contributed by atoms with E-state index in [-0.39, 0.29) is 18.9 Å². The highest BCUT2D eigenvalue weighted by atomic mass is 19.1. The second kappa shape index (κ2) is 8.79. The number of carbonyl (C=O) groups excluding carboxylic acids is 2. The Morgan fingerprint density at radius 2 is 1.54 bits per heavy atom. The number of halogens is 1. The highest BCUT2D eigenvalue weighted by Gasteiger charge is 2.14. The van der Waals surface area contributed by atoms with Crippen molar-refractivity contribution in [1.82, 2.24) is 10.6 Å². The van der Waals surface area contributed by atoms with Gasteiger partial charge in [-0.3, -0.25) is 9.59 Å². The smallest absolute Gasteiger partial charge is 0.309 e. The van der Waals surface area contributed by atoms with Crippen LogP contribution in [-0.4, -0.2) is 29.6 Å². The SMILES string of the molecule is O=C(NCc1ccc(F)cc1)C(=O)NC[C@H](O)Cc1ccccc1. The van der Waals surface area contributed by atoms with Gasteiger partial charge in [0, 0.05) is 19.5 Å². The Morgan fingerprint density at radius 1 is 0.917 bits per heavy atom. The summed E-state index contributed by atoms with van der Waals surface area (Å²) in [6.45, 7) is 0.108. The van der Waals surface area contributed by atoms with E-state index in [4.69, 9.17) is 0 Å². The molecular weight excluding hydrogens is 311 g/mol. The van der Waals surface area contributed by atoms with Gasteiger partial charge >= 0.3 is 11.8 Å². The molecule has 2 amide bonds. The summed E-state index contributed by atoms with van der Waals surface area (Å²) in [5, 5.41) is 14.7. The van der Waals surface area contributed by atoms with Crippen LogP contribution in [0.1, 0.15) is 11.1 Å². The number of rotatable bonds is 6. The molecule has 1 atom stereocenters. The van der Waals surface area contributed by atoms with Gasteiger partial charge in [0.25, 0.3) is 0 Å². The largest absolute Gasteiger partial charge is 0.391 e. The molecular formula is C18H19FN2O3. The van der Waals surface area contributed by atoms with Gasteiger partial charge in [0.1, 0.15) is 5.82 Å². The maximum atomic E-state index is 12.8. The average molecular weight is 330 g/mol. The molecule has 0 saturated heterocycles. The molecule has 0 unspecified atom stereocenters. The zero-order valence-electron chi connectivity index (χ0n) is 13.0. The molecule has 0 bridgehead atoms. The molecule has 0 fully saturated rings. The van der Waals surface area contributed by atoms with E-state index in [1.807, 2.05) is 30.3 Å². The summed E-state index contributed by atoms with van der Waals surface area (Å²) in [4.78, 5) is 23.4. The number of carbonyl (C=O) groups is 2. The van der Waals surface area contributed by atoms with E-state index >= 15 is 0 Å². The lowest BCUT2D eigenvalue weighted by atomic mass is 10.1. The van der Waals surface area contributed by atoms with Gasteiger partial charge in [0.05, 0.1) is 6.10 Å². The third kappa shape index (κ3) is 5.81. The minimum Gasteiger partial charge on any atom is -0.391 e. The van der Waals surface area contributed by atoms with Crippen molar-refractivity contribution in [3.63, 3.8) is 0 Å². The summed E-state index contributed by atoms with van der Waals surface area (Å²) in [6.07, 6.45) is -0.389. The topological polar surface area (TPSA) is 78.4 Å². The molecule has 5 nitrogen and oxygen atoms in total. The van der Waals surface area contributed by atoms with Gasteiger partial charge in [0.15, 0.2) is 0 Å². The highest BCUT2D eigenvalue weighted by molar-refractivity contribution is 6.35. The van der Waals surface area contributed by atoms with Crippen molar-refractivity contribution in [2.45, 2.75) is 19.1 Å². The number of hydrogen-bond acceptors (Lipinski definition) is 3. The Kier molecular flexibility index (Phi) is 6.45. The van der Waals surface area contributed by atoms with Crippen molar-refractivity contribution in [1.29, 1.82) is 0 Å². The predicted molar refractivity (Wildman–Crippen MR) is 87.4 cm³/mol. The van der Waals surface area contributed by atoms with E-state index in [0.717, 1.165) is 5.56 Å². The Hall–Kier alpha value is -2.73. The van der Waals surface area contributed by atoms with Gasteiger partial charge in [-0.05, 0) is 23.3 Å². The first-order valence-corrected chi connectivity index (χ1v) is 7.57. The predicted octanol–water partition coefficient (Wildman–Crippen LogP) is 1.16. The fourth-order valence-corrected chi connectivity index (χ4v) is 2.11. The fourth-order valence-electron chi connectivity index (χ4n) is 2.11. The number of nitrogens with one attached hydrogen (secondary N) is 2. The average Bonchev–Trinajstić information content (AvgIpc) is 2.59. The Balaban J connectivity index is 1.71. The van der Waals surface area contributed by atoms with E-state index in [9.17, 15) is 19.1 Å². The second-order valence-corrected chi connectivity index (χ2v) is 5.36. The number of hydrogen-bond donors (Lipinski definition) is 3. The third-order valence-electron chi connectivity index (χ3n) is 3.38. The molecule has 2 aromatic rings. The molecule has 0 aromatic heterocycles. The molecule has 0 aliphatic rings. The molecule has 3 N–H and O–H groups in total. The van der Waals surface area contributed by atoms with Crippen LogP contribution in [0.3, 0.4) is 0 Å². The molecule has 2 aromatic carbocycles. The van der Waals surface area contributed by atoms with Crippen molar-refractivity contribution in [3.05, 3.63) is 71.5 Å². The van der Waals surface area contributed by atoms with Gasteiger partial charge in [-0.1, -0.05) is 42.5 Å². The standard InChI is InChI=1S/C18H19FN2O3/c19-15-8-6-14(7-9-15)11-20-17(23)18(24)21-12-16(22)10-13-4-2-1-3-5-13/h1-9,16,22H,10-12H2,(H,20,23)(H,21,24)/t16-/m1/s1. The van der Waals surface area contributed by atoms with Crippen LogP contribution in [0.15, 0.2) is 54.6 Å². The molecule has 0 aliphatic carbocycles. The van der Waals surface area contributed by atoms with Crippen LogP contribution in [0.2, 0.25) is 0 Å². The Morgan fingerprint density at radius 3 is 2.21 bits per heavy atom. The Labute approximate surface area is 139 Å². The normalized spacial score (nSPS) is 11.6. The van der Waals surface area contributed by atoms with E-state index < -0.39 is 17.9 Å².